The SMILES string of the molecule is C=CCNCC(=O)NCCc1ccc(C(=O)O)cc1. The molecule has 0 saturated heterocycles. The van der Waals surface area contributed by atoms with E-state index in [9.17, 15) is 9.59 Å². The van der Waals surface area contributed by atoms with E-state index in [4.69, 9.17) is 5.11 Å². The van der Waals surface area contributed by atoms with Gasteiger partial charge >= 0.3 is 5.97 Å². The summed E-state index contributed by atoms with van der Waals surface area (Å²) in [5.74, 6) is -1.00. The van der Waals surface area contributed by atoms with E-state index in [2.05, 4.69) is 17.2 Å². The second kappa shape index (κ2) is 8.05. The Morgan fingerprint density at radius 3 is 2.53 bits per heavy atom. The van der Waals surface area contributed by atoms with E-state index >= 15 is 0 Å². The molecule has 1 amide bonds. The minimum absolute atomic E-state index is 0.0657. The van der Waals surface area contributed by atoms with E-state index in [-0.39, 0.29) is 18.0 Å². The molecule has 0 fully saturated rings. The largest absolute Gasteiger partial charge is 0.478 e. The highest BCUT2D eigenvalue weighted by Crippen LogP contribution is 2.04. The molecule has 0 aliphatic rings. The van der Waals surface area contributed by atoms with E-state index in [1.54, 1.807) is 30.3 Å². The lowest BCUT2D eigenvalue weighted by Crippen LogP contribution is -2.34. The van der Waals surface area contributed by atoms with Crippen LogP contribution in [0.15, 0.2) is 36.9 Å². The predicted octanol–water partition coefficient (Wildman–Crippen LogP) is 0.819. The first-order valence-corrected chi connectivity index (χ1v) is 6.04. The number of hydrogen-bond donors (Lipinski definition) is 3. The summed E-state index contributed by atoms with van der Waals surface area (Å²) in [6, 6.07) is 6.63. The number of carboxylic acids is 1. The maximum atomic E-state index is 11.4. The summed E-state index contributed by atoms with van der Waals surface area (Å²) in [7, 11) is 0. The number of nitrogens with one attached hydrogen (secondary N) is 2. The molecule has 0 radical (unpaired) electrons. The summed E-state index contributed by atoms with van der Waals surface area (Å²) in [5.41, 5.74) is 1.26. The van der Waals surface area contributed by atoms with E-state index < -0.39 is 5.97 Å². The molecule has 102 valence electrons. The summed E-state index contributed by atoms with van der Waals surface area (Å²) >= 11 is 0. The molecule has 0 atom stereocenters. The van der Waals surface area contributed by atoms with E-state index in [0.717, 1.165) is 5.56 Å². The third kappa shape index (κ3) is 5.83. The number of carboxylic acid groups (broad SMARTS) is 1. The average Bonchev–Trinajstić information content (AvgIpc) is 2.39. The zero-order valence-corrected chi connectivity index (χ0v) is 10.7. The quantitative estimate of drug-likeness (QED) is 0.479. The lowest BCUT2D eigenvalue weighted by Gasteiger charge is -2.06. The van der Waals surface area contributed by atoms with Crippen LogP contribution in [0.3, 0.4) is 0 Å². The maximum absolute atomic E-state index is 11.4. The van der Waals surface area contributed by atoms with Gasteiger partial charge < -0.3 is 15.7 Å². The first kappa shape index (κ1) is 14.9. The smallest absolute Gasteiger partial charge is 0.335 e. The molecule has 0 saturated carbocycles. The van der Waals surface area contributed by atoms with Gasteiger partial charge in [0.2, 0.25) is 5.91 Å². The van der Waals surface area contributed by atoms with Gasteiger partial charge in [0.25, 0.3) is 0 Å². The highest BCUT2D eigenvalue weighted by molar-refractivity contribution is 5.87. The summed E-state index contributed by atoms with van der Waals surface area (Å²) in [6.07, 6.45) is 2.37. The molecular formula is C14H18N2O3. The Hall–Kier alpha value is -2.14. The normalized spacial score (nSPS) is 9.89. The highest BCUT2D eigenvalue weighted by Gasteiger charge is 2.02. The average molecular weight is 262 g/mol. The van der Waals surface area contributed by atoms with Gasteiger partial charge in [-0.1, -0.05) is 18.2 Å². The summed E-state index contributed by atoms with van der Waals surface area (Å²) in [5, 5.41) is 14.4. The van der Waals surface area contributed by atoms with Gasteiger partial charge in [-0.3, -0.25) is 4.79 Å². The van der Waals surface area contributed by atoms with Crippen LogP contribution in [0.2, 0.25) is 0 Å². The summed E-state index contributed by atoms with van der Waals surface area (Å²) < 4.78 is 0. The predicted molar refractivity (Wildman–Crippen MR) is 73.2 cm³/mol. The molecular weight excluding hydrogens is 244 g/mol. The van der Waals surface area contributed by atoms with Crippen molar-refractivity contribution in [3.05, 3.63) is 48.0 Å². The number of amides is 1. The molecule has 5 heteroatoms. The molecule has 3 N–H and O–H groups in total. The van der Waals surface area contributed by atoms with Gasteiger partial charge in [-0.15, -0.1) is 6.58 Å². The Kier molecular flexibility index (Phi) is 6.32. The number of aromatic carboxylic acids is 1. The molecule has 0 aromatic heterocycles. The van der Waals surface area contributed by atoms with Crippen molar-refractivity contribution in [2.24, 2.45) is 0 Å². The molecule has 0 unspecified atom stereocenters. The Bertz CT molecular complexity index is 441. The number of hydrogen-bond acceptors (Lipinski definition) is 3. The third-order valence-electron chi connectivity index (χ3n) is 2.51. The van der Waals surface area contributed by atoms with Gasteiger partial charge in [-0.2, -0.15) is 0 Å². The van der Waals surface area contributed by atoms with Crippen LogP contribution in [0, 0.1) is 0 Å². The zero-order chi connectivity index (χ0) is 14.1. The van der Waals surface area contributed by atoms with Crippen molar-refractivity contribution in [2.45, 2.75) is 6.42 Å². The Morgan fingerprint density at radius 2 is 1.95 bits per heavy atom. The van der Waals surface area contributed by atoms with Crippen molar-refractivity contribution in [3.63, 3.8) is 0 Å². The van der Waals surface area contributed by atoms with Gasteiger partial charge in [0.05, 0.1) is 12.1 Å². The molecule has 1 aromatic carbocycles. The van der Waals surface area contributed by atoms with E-state index in [1.807, 2.05) is 0 Å². The van der Waals surface area contributed by atoms with Crippen LogP contribution in [-0.2, 0) is 11.2 Å². The first-order chi connectivity index (χ1) is 9.13. The Morgan fingerprint density at radius 1 is 1.26 bits per heavy atom. The fourth-order valence-corrected chi connectivity index (χ4v) is 1.51. The molecule has 0 spiro atoms. The molecule has 0 heterocycles. The Balaban J connectivity index is 2.27. The van der Waals surface area contributed by atoms with E-state index in [0.29, 0.717) is 19.5 Å². The molecule has 1 aromatic rings. The van der Waals surface area contributed by atoms with Crippen LogP contribution in [0.4, 0.5) is 0 Å². The van der Waals surface area contributed by atoms with Crippen LogP contribution >= 0.6 is 0 Å². The topological polar surface area (TPSA) is 78.4 Å². The van der Waals surface area contributed by atoms with Crippen LogP contribution in [0.5, 0.6) is 0 Å². The van der Waals surface area contributed by atoms with Crippen molar-refractivity contribution in [2.75, 3.05) is 19.6 Å². The molecule has 0 aliphatic carbocycles. The molecule has 5 nitrogen and oxygen atoms in total. The van der Waals surface area contributed by atoms with Crippen molar-refractivity contribution in [1.29, 1.82) is 0 Å². The molecule has 19 heavy (non-hydrogen) atoms. The van der Waals surface area contributed by atoms with Crippen LogP contribution in [0.1, 0.15) is 15.9 Å². The maximum Gasteiger partial charge on any atom is 0.335 e. The molecule has 1 rings (SSSR count). The van der Waals surface area contributed by atoms with Gasteiger partial charge in [-0.05, 0) is 24.1 Å². The number of carbonyl (C=O) groups excluding carboxylic acids is 1. The van der Waals surface area contributed by atoms with Crippen molar-refractivity contribution in [1.82, 2.24) is 10.6 Å². The fourth-order valence-electron chi connectivity index (χ4n) is 1.51. The lowest BCUT2D eigenvalue weighted by atomic mass is 10.1. The standard InChI is InChI=1S/C14H18N2O3/c1-2-8-15-10-13(17)16-9-7-11-3-5-12(6-4-11)14(18)19/h2-6,15H,1,7-10H2,(H,16,17)(H,18,19). The lowest BCUT2D eigenvalue weighted by molar-refractivity contribution is -0.120. The van der Waals surface area contributed by atoms with Crippen molar-refractivity contribution in [3.8, 4) is 0 Å². The summed E-state index contributed by atoms with van der Waals surface area (Å²) in [6.45, 7) is 4.94. The van der Waals surface area contributed by atoms with Gasteiger partial charge in [0.15, 0.2) is 0 Å². The summed E-state index contributed by atoms with van der Waals surface area (Å²) in [4.78, 5) is 22.0. The molecule has 0 bridgehead atoms. The van der Waals surface area contributed by atoms with Gasteiger partial charge in [0.1, 0.15) is 0 Å². The molecule has 0 aliphatic heterocycles. The van der Waals surface area contributed by atoms with Crippen LogP contribution < -0.4 is 10.6 Å². The van der Waals surface area contributed by atoms with Crippen molar-refractivity contribution < 1.29 is 14.7 Å². The Labute approximate surface area is 112 Å². The number of benzene rings is 1. The van der Waals surface area contributed by atoms with Gasteiger partial charge in [-0.25, -0.2) is 4.79 Å². The second-order valence-electron chi connectivity index (χ2n) is 4.02. The highest BCUT2D eigenvalue weighted by atomic mass is 16.4. The minimum Gasteiger partial charge on any atom is -0.478 e. The van der Waals surface area contributed by atoms with Gasteiger partial charge in [0, 0.05) is 13.1 Å². The fraction of sp³-hybridized carbons (Fsp3) is 0.286. The van der Waals surface area contributed by atoms with Crippen LogP contribution in [0.25, 0.3) is 0 Å². The third-order valence-corrected chi connectivity index (χ3v) is 2.51. The number of rotatable bonds is 8. The monoisotopic (exact) mass is 262 g/mol. The minimum atomic E-state index is -0.937. The number of carbonyl (C=O) groups is 2. The van der Waals surface area contributed by atoms with Crippen molar-refractivity contribution >= 4 is 11.9 Å². The first-order valence-electron chi connectivity index (χ1n) is 6.04. The second-order valence-corrected chi connectivity index (χ2v) is 4.02. The van der Waals surface area contributed by atoms with E-state index in [1.165, 1.54) is 0 Å². The van der Waals surface area contributed by atoms with Crippen LogP contribution in [-0.4, -0.2) is 36.6 Å². The zero-order valence-electron chi connectivity index (χ0n) is 10.7.